The molecule has 0 saturated heterocycles. The van der Waals surface area contributed by atoms with Crippen molar-refractivity contribution in [3.63, 3.8) is 0 Å². The number of hydroxylamine groups is 2. The van der Waals surface area contributed by atoms with Gasteiger partial charge in [0.25, 0.3) is 0 Å². The average Bonchev–Trinajstić information content (AvgIpc) is 2.24. The minimum Gasteiger partial charge on any atom is -0.627 e. The summed E-state index contributed by atoms with van der Waals surface area (Å²) in [6.45, 7) is 1.71. The molecule has 0 bridgehead atoms. The fourth-order valence-electron chi connectivity index (χ4n) is 1.91. The van der Waals surface area contributed by atoms with Gasteiger partial charge in [0.15, 0.2) is 16.0 Å². The van der Waals surface area contributed by atoms with E-state index in [2.05, 4.69) is 4.99 Å². The summed E-state index contributed by atoms with van der Waals surface area (Å²) in [7, 11) is -3.21. The largest absolute Gasteiger partial charge is 0.627 e. The number of hydrogen-bond acceptors (Lipinski definition) is 4. The van der Waals surface area contributed by atoms with E-state index in [1.54, 1.807) is 13.0 Å². The number of rotatable bonds is 2. The topological polar surface area (TPSA) is 74.0 Å². The molecule has 1 N–H and O–H groups in total. The maximum Gasteiger partial charge on any atom is 0.199 e. The number of hydrogen-bond donors (Lipinski definition) is 1. The highest BCUT2D eigenvalue weighted by Gasteiger charge is 2.24. The van der Waals surface area contributed by atoms with Crippen LogP contribution in [0.2, 0.25) is 0 Å². The smallest absolute Gasteiger partial charge is 0.199 e. The van der Waals surface area contributed by atoms with E-state index >= 15 is 0 Å². The van der Waals surface area contributed by atoms with Crippen molar-refractivity contribution in [2.24, 2.45) is 4.99 Å². The van der Waals surface area contributed by atoms with E-state index in [1.165, 1.54) is 0 Å². The van der Waals surface area contributed by atoms with Gasteiger partial charge in [0.2, 0.25) is 0 Å². The summed E-state index contributed by atoms with van der Waals surface area (Å²) in [6.07, 6.45) is 0.325. The zero-order valence-corrected chi connectivity index (χ0v) is 10.5. The Balaban J connectivity index is 2.54. The van der Waals surface area contributed by atoms with Crippen LogP contribution in [0, 0.1) is 5.21 Å². The van der Waals surface area contributed by atoms with Crippen molar-refractivity contribution < 1.29 is 13.5 Å². The molecule has 17 heavy (non-hydrogen) atoms. The molecule has 0 aliphatic carbocycles. The van der Waals surface area contributed by atoms with E-state index in [9.17, 15) is 13.6 Å². The fourth-order valence-corrected chi connectivity index (χ4v) is 2.71. The van der Waals surface area contributed by atoms with Crippen molar-refractivity contribution in [2.45, 2.75) is 13.1 Å². The van der Waals surface area contributed by atoms with Crippen LogP contribution in [0.15, 0.2) is 29.3 Å². The summed E-state index contributed by atoms with van der Waals surface area (Å²) in [6, 6.07) is 7.27. The molecule has 0 aromatic heterocycles. The van der Waals surface area contributed by atoms with Gasteiger partial charge in [-0.1, -0.05) is 12.1 Å². The van der Waals surface area contributed by atoms with Gasteiger partial charge >= 0.3 is 0 Å². The maximum absolute atomic E-state index is 12.0. The number of nitrogens with zero attached hydrogens (tertiary/aromatic N) is 1. The molecule has 1 heterocycles. The number of para-hydroxylation sites is 1. The number of nitrogens with one attached hydrogen (secondary N) is 1. The summed E-state index contributed by atoms with van der Waals surface area (Å²) in [5.74, 6) is -0.225. The lowest BCUT2D eigenvalue weighted by Gasteiger charge is -2.30. The van der Waals surface area contributed by atoms with Gasteiger partial charge < -0.3 is 10.3 Å². The van der Waals surface area contributed by atoms with Crippen LogP contribution in [0.1, 0.15) is 6.92 Å². The van der Waals surface area contributed by atoms with Crippen LogP contribution in [-0.4, -0.2) is 26.6 Å². The molecule has 1 aliphatic heterocycles. The van der Waals surface area contributed by atoms with Gasteiger partial charge in [-0.25, -0.2) is 13.4 Å². The van der Waals surface area contributed by atoms with Crippen LogP contribution in [0.5, 0.6) is 0 Å². The molecule has 0 amide bonds. The normalized spacial score (nSPS) is 24.1. The predicted octanol–water partition coefficient (Wildman–Crippen LogP) is -1.80. The zero-order chi connectivity index (χ0) is 12.6. The Labute approximate surface area is 99.6 Å². The Bertz CT molecular complexity index is 652. The molecule has 92 valence electrons. The van der Waals surface area contributed by atoms with Crippen molar-refractivity contribution in [1.29, 1.82) is 0 Å². The standard InChI is InChI=1S/C11H14N2O3S/c1-8-9-5-3-4-6-10(9)12-11(13(8)14)7-17(2,15)16/h3-6,11,13H,7H2,1-2H3. The highest BCUT2D eigenvalue weighted by molar-refractivity contribution is 7.90. The molecule has 1 aromatic carbocycles. The minimum absolute atomic E-state index is 0.200. The first-order chi connectivity index (χ1) is 7.88. The van der Waals surface area contributed by atoms with Gasteiger partial charge in [-0.05, 0) is 12.1 Å². The van der Waals surface area contributed by atoms with Gasteiger partial charge in [-0.15, -0.1) is 0 Å². The first kappa shape index (κ1) is 12.2. The number of benzene rings is 1. The van der Waals surface area contributed by atoms with Crippen molar-refractivity contribution in [3.05, 3.63) is 40.0 Å². The number of sulfone groups is 1. The van der Waals surface area contributed by atoms with E-state index in [1.807, 2.05) is 18.2 Å². The third-order valence-corrected chi connectivity index (χ3v) is 3.66. The van der Waals surface area contributed by atoms with Crippen molar-refractivity contribution in [3.8, 4) is 0 Å². The minimum atomic E-state index is -3.21. The van der Waals surface area contributed by atoms with Crippen LogP contribution in [0.3, 0.4) is 0 Å². The molecular weight excluding hydrogens is 240 g/mol. The molecule has 0 fully saturated rings. The van der Waals surface area contributed by atoms with Crippen LogP contribution in [0.4, 0.5) is 0 Å². The van der Waals surface area contributed by atoms with Crippen LogP contribution >= 0.6 is 0 Å². The first-order valence-electron chi connectivity index (χ1n) is 5.24. The van der Waals surface area contributed by atoms with E-state index in [4.69, 9.17) is 0 Å². The SMILES string of the molecule is CC1=c2ccccc2=NC(CS(C)(=O)=O)[NH+]1[O-]. The maximum atomic E-state index is 12.0. The lowest BCUT2D eigenvalue weighted by atomic mass is 10.2. The second kappa shape index (κ2) is 4.21. The van der Waals surface area contributed by atoms with Crippen molar-refractivity contribution >= 4 is 15.5 Å². The highest BCUT2D eigenvalue weighted by Crippen LogP contribution is 1.93. The van der Waals surface area contributed by atoms with Gasteiger partial charge in [0.05, 0.1) is 10.6 Å². The number of quaternary nitrogens is 1. The average molecular weight is 254 g/mol. The Hall–Kier alpha value is -1.24. The Morgan fingerprint density at radius 2 is 2.06 bits per heavy atom. The molecule has 2 atom stereocenters. The van der Waals surface area contributed by atoms with E-state index in [0.29, 0.717) is 11.1 Å². The Morgan fingerprint density at radius 3 is 2.71 bits per heavy atom. The van der Waals surface area contributed by atoms with E-state index in [0.717, 1.165) is 11.5 Å². The zero-order valence-electron chi connectivity index (χ0n) is 9.67. The van der Waals surface area contributed by atoms with Gasteiger partial charge in [-0.3, -0.25) is 0 Å². The molecule has 0 radical (unpaired) electrons. The first-order valence-corrected chi connectivity index (χ1v) is 7.30. The molecular formula is C11H14N2O3S. The third kappa shape index (κ3) is 2.54. The predicted molar refractivity (Wildman–Crippen MR) is 64.1 cm³/mol. The summed E-state index contributed by atoms with van der Waals surface area (Å²) >= 11 is 0. The molecule has 2 rings (SSSR count). The fraction of sp³-hybridized carbons (Fsp3) is 0.364. The Morgan fingerprint density at radius 1 is 1.41 bits per heavy atom. The second-order valence-corrected chi connectivity index (χ2v) is 6.43. The molecule has 1 aliphatic rings. The van der Waals surface area contributed by atoms with Crippen LogP contribution < -0.4 is 15.6 Å². The molecule has 0 saturated carbocycles. The quantitative estimate of drug-likeness (QED) is 0.633. The van der Waals surface area contributed by atoms with Crippen molar-refractivity contribution in [2.75, 3.05) is 12.0 Å². The molecule has 6 heteroatoms. The van der Waals surface area contributed by atoms with Crippen LogP contribution in [-0.2, 0) is 9.84 Å². The van der Waals surface area contributed by atoms with Gasteiger partial charge in [-0.2, -0.15) is 0 Å². The lowest BCUT2D eigenvalue weighted by Crippen LogP contribution is -3.10. The lowest BCUT2D eigenvalue weighted by molar-refractivity contribution is -0.799. The molecule has 2 unspecified atom stereocenters. The summed E-state index contributed by atoms with van der Waals surface area (Å²) in [5, 5.41) is 13.3. The second-order valence-electron chi connectivity index (χ2n) is 4.24. The van der Waals surface area contributed by atoms with Crippen LogP contribution in [0.25, 0.3) is 5.70 Å². The summed E-state index contributed by atoms with van der Waals surface area (Å²) in [4.78, 5) is 4.21. The summed E-state index contributed by atoms with van der Waals surface area (Å²) < 4.78 is 22.5. The third-order valence-electron chi connectivity index (χ3n) is 2.74. The Kier molecular flexibility index (Phi) is 3.03. The van der Waals surface area contributed by atoms with Crippen molar-refractivity contribution in [1.82, 2.24) is 0 Å². The molecule has 5 nitrogen and oxygen atoms in total. The van der Waals surface area contributed by atoms with E-state index < -0.39 is 16.0 Å². The van der Waals surface area contributed by atoms with Gasteiger partial charge in [0, 0.05) is 13.2 Å². The summed E-state index contributed by atoms with van der Waals surface area (Å²) in [5.41, 5.74) is 0.587. The monoisotopic (exact) mass is 254 g/mol. The van der Waals surface area contributed by atoms with Gasteiger partial charge in [0.1, 0.15) is 11.4 Å². The number of fused-ring (bicyclic) bond motifs is 1. The highest BCUT2D eigenvalue weighted by atomic mass is 32.2. The van der Waals surface area contributed by atoms with E-state index in [-0.39, 0.29) is 10.8 Å². The molecule has 0 spiro atoms. The molecule has 1 aromatic rings.